The fraction of sp³-hybridized carbons (Fsp3) is 0.367. The average molecular weight is 539 g/mol. The highest BCUT2D eigenvalue weighted by Gasteiger charge is 2.43. The third-order valence-corrected chi connectivity index (χ3v) is 8.26. The second-order valence-electron chi connectivity index (χ2n) is 10.5. The summed E-state index contributed by atoms with van der Waals surface area (Å²) in [6.07, 6.45) is -3.75. The number of halogens is 4. The van der Waals surface area contributed by atoms with Crippen molar-refractivity contribution in [1.82, 2.24) is 4.90 Å². The molecule has 2 fully saturated rings. The monoisotopic (exact) mass is 538 g/mol. The van der Waals surface area contributed by atoms with E-state index in [4.69, 9.17) is 0 Å². The molecule has 204 valence electrons. The molecular weight excluding hydrogens is 508 g/mol. The first-order chi connectivity index (χ1) is 18.8. The van der Waals surface area contributed by atoms with Gasteiger partial charge in [-0.1, -0.05) is 24.3 Å². The van der Waals surface area contributed by atoms with E-state index in [0.717, 1.165) is 30.4 Å². The van der Waals surface area contributed by atoms with Gasteiger partial charge in [0.1, 0.15) is 5.82 Å². The zero-order valence-corrected chi connectivity index (χ0v) is 21.4. The number of hydrogen-bond donors (Lipinski definition) is 0. The van der Waals surface area contributed by atoms with E-state index in [-0.39, 0.29) is 23.7 Å². The number of carbonyl (C=O) groups excluding carboxylic acids is 1. The van der Waals surface area contributed by atoms with Gasteiger partial charge in [-0.15, -0.1) is 0 Å². The van der Waals surface area contributed by atoms with Crippen molar-refractivity contribution in [2.24, 2.45) is 5.92 Å². The average Bonchev–Trinajstić information content (AvgIpc) is 2.96. The molecule has 2 atom stereocenters. The van der Waals surface area contributed by atoms with Gasteiger partial charge in [-0.3, -0.25) is 4.79 Å². The summed E-state index contributed by atoms with van der Waals surface area (Å²) < 4.78 is 53.2. The van der Waals surface area contributed by atoms with E-state index in [0.29, 0.717) is 44.8 Å². The quantitative estimate of drug-likeness (QED) is 0.436. The molecule has 2 unspecified atom stereocenters. The highest BCUT2D eigenvalue weighted by Crippen LogP contribution is 2.38. The number of nitrogens with zero attached hydrogens (tertiary/aromatic N) is 4. The highest BCUT2D eigenvalue weighted by molar-refractivity contribution is 5.83. The number of benzene rings is 3. The molecule has 39 heavy (non-hydrogen) atoms. The molecule has 3 aromatic carbocycles. The highest BCUT2D eigenvalue weighted by atomic mass is 19.4. The van der Waals surface area contributed by atoms with Gasteiger partial charge in [0.2, 0.25) is 5.91 Å². The Bertz CT molecular complexity index is 1340. The van der Waals surface area contributed by atoms with Crippen LogP contribution < -0.4 is 14.7 Å². The third kappa shape index (κ3) is 5.02. The number of carbonyl (C=O) groups is 1. The van der Waals surface area contributed by atoms with Gasteiger partial charge in [0.05, 0.1) is 17.5 Å². The smallest absolute Gasteiger partial charge is 0.368 e. The van der Waals surface area contributed by atoms with Crippen LogP contribution >= 0.6 is 0 Å². The second-order valence-corrected chi connectivity index (χ2v) is 10.5. The van der Waals surface area contributed by atoms with Crippen molar-refractivity contribution in [1.29, 1.82) is 0 Å². The van der Waals surface area contributed by atoms with Crippen molar-refractivity contribution in [3.63, 3.8) is 0 Å². The normalized spacial score (nSPS) is 21.4. The van der Waals surface area contributed by atoms with E-state index >= 15 is 0 Å². The number of fused-ring (bicyclic) bond motifs is 3. The first kappa shape index (κ1) is 25.5. The number of amides is 1. The van der Waals surface area contributed by atoms with Crippen LogP contribution in [0, 0.1) is 11.7 Å². The zero-order chi connectivity index (χ0) is 27.1. The van der Waals surface area contributed by atoms with Crippen LogP contribution in [0.4, 0.5) is 34.6 Å². The van der Waals surface area contributed by atoms with Gasteiger partial charge in [0, 0.05) is 62.9 Å². The Balaban J connectivity index is 1.20. The van der Waals surface area contributed by atoms with Gasteiger partial charge in [-0.25, -0.2) is 4.39 Å². The molecule has 0 aliphatic carbocycles. The third-order valence-electron chi connectivity index (χ3n) is 8.26. The van der Waals surface area contributed by atoms with E-state index in [9.17, 15) is 22.4 Å². The minimum atomic E-state index is -4.39. The van der Waals surface area contributed by atoms with Crippen LogP contribution in [0.25, 0.3) is 0 Å². The SMILES string of the molecule is O=C(C1Cc2ccccc2N2CCN(c3ccc(F)cc3)CC12)N1CCN(c2cccc(C(F)(F)F)c2)CC1. The van der Waals surface area contributed by atoms with Crippen molar-refractivity contribution < 1.29 is 22.4 Å². The summed E-state index contributed by atoms with van der Waals surface area (Å²) in [5.41, 5.74) is 3.12. The molecular formula is C30H30F4N4O. The van der Waals surface area contributed by atoms with Crippen LogP contribution in [0.1, 0.15) is 11.1 Å². The van der Waals surface area contributed by atoms with E-state index in [1.54, 1.807) is 18.2 Å². The summed E-state index contributed by atoms with van der Waals surface area (Å²) in [5, 5.41) is 0. The Hall–Kier alpha value is -3.75. The predicted octanol–water partition coefficient (Wildman–Crippen LogP) is 5.06. The maximum Gasteiger partial charge on any atom is 0.416 e. The van der Waals surface area contributed by atoms with E-state index in [2.05, 4.69) is 21.9 Å². The minimum Gasteiger partial charge on any atom is -0.368 e. The standard InChI is InChI=1S/C30H30F4N4O/c31-23-8-10-24(11-9-23)37-16-17-38-27-7-2-1-4-21(27)18-26(28(38)20-37)29(39)36-14-12-35(13-15-36)25-6-3-5-22(19-25)30(32,33)34/h1-11,19,26,28H,12-18,20H2. The topological polar surface area (TPSA) is 30.0 Å². The van der Waals surface area contributed by atoms with Crippen LogP contribution in [0.15, 0.2) is 72.8 Å². The molecule has 3 aliphatic rings. The molecule has 3 heterocycles. The maximum absolute atomic E-state index is 14.0. The molecule has 6 rings (SSSR count). The summed E-state index contributed by atoms with van der Waals surface area (Å²) >= 11 is 0. The van der Waals surface area contributed by atoms with Crippen LogP contribution in [-0.2, 0) is 17.4 Å². The molecule has 0 N–H and O–H groups in total. The maximum atomic E-state index is 14.0. The number of anilines is 3. The lowest BCUT2D eigenvalue weighted by Gasteiger charge is -2.50. The zero-order valence-electron chi connectivity index (χ0n) is 21.4. The Labute approximate surface area is 225 Å². The Kier molecular flexibility index (Phi) is 6.61. The molecule has 0 aromatic heterocycles. The lowest BCUT2D eigenvalue weighted by Crippen LogP contribution is -2.62. The molecule has 0 saturated carbocycles. The fourth-order valence-electron chi connectivity index (χ4n) is 6.23. The van der Waals surface area contributed by atoms with Gasteiger partial charge in [-0.05, 0) is 60.5 Å². The number of rotatable bonds is 3. The molecule has 3 aliphatic heterocycles. The van der Waals surface area contributed by atoms with Crippen molar-refractivity contribution >= 4 is 23.0 Å². The molecule has 2 saturated heterocycles. The van der Waals surface area contributed by atoms with Crippen LogP contribution in [0.2, 0.25) is 0 Å². The van der Waals surface area contributed by atoms with Crippen molar-refractivity contribution in [2.45, 2.75) is 18.6 Å². The van der Waals surface area contributed by atoms with Crippen molar-refractivity contribution in [3.8, 4) is 0 Å². The summed E-state index contributed by atoms with van der Waals surface area (Å²) in [6.45, 7) is 4.06. The van der Waals surface area contributed by atoms with Crippen molar-refractivity contribution in [3.05, 3.63) is 89.7 Å². The van der Waals surface area contributed by atoms with Crippen LogP contribution in [0.3, 0.4) is 0 Å². The van der Waals surface area contributed by atoms with E-state index < -0.39 is 11.7 Å². The van der Waals surface area contributed by atoms with Gasteiger partial charge >= 0.3 is 6.18 Å². The number of para-hydroxylation sites is 1. The lowest BCUT2D eigenvalue weighted by molar-refractivity contribution is -0.137. The molecule has 3 aromatic rings. The van der Waals surface area contributed by atoms with Gasteiger partial charge in [-0.2, -0.15) is 13.2 Å². The van der Waals surface area contributed by atoms with Crippen LogP contribution in [0.5, 0.6) is 0 Å². The van der Waals surface area contributed by atoms with Crippen molar-refractivity contribution in [2.75, 3.05) is 60.5 Å². The number of hydrogen-bond acceptors (Lipinski definition) is 4. The Morgan fingerprint density at radius 2 is 1.49 bits per heavy atom. The minimum absolute atomic E-state index is 0.0345. The summed E-state index contributed by atoms with van der Waals surface area (Å²) in [4.78, 5) is 22.4. The Morgan fingerprint density at radius 3 is 2.23 bits per heavy atom. The molecule has 0 spiro atoms. The Morgan fingerprint density at radius 1 is 0.769 bits per heavy atom. The first-order valence-corrected chi connectivity index (χ1v) is 13.3. The predicted molar refractivity (Wildman–Crippen MR) is 144 cm³/mol. The number of piperazine rings is 2. The summed E-state index contributed by atoms with van der Waals surface area (Å²) in [7, 11) is 0. The summed E-state index contributed by atoms with van der Waals surface area (Å²) in [5.74, 6) is -0.436. The fourth-order valence-corrected chi connectivity index (χ4v) is 6.23. The molecule has 0 radical (unpaired) electrons. The molecule has 1 amide bonds. The number of alkyl halides is 3. The van der Waals surface area contributed by atoms with E-state index in [1.807, 2.05) is 21.9 Å². The second kappa shape index (κ2) is 10.1. The molecule has 9 heteroatoms. The summed E-state index contributed by atoms with van der Waals surface area (Å²) in [6, 6.07) is 20.1. The lowest BCUT2D eigenvalue weighted by atomic mass is 9.82. The van der Waals surface area contributed by atoms with E-state index in [1.165, 1.54) is 30.0 Å². The molecule has 0 bridgehead atoms. The largest absolute Gasteiger partial charge is 0.416 e. The van der Waals surface area contributed by atoms with Gasteiger partial charge in [0.15, 0.2) is 0 Å². The first-order valence-electron chi connectivity index (χ1n) is 13.3. The molecule has 5 nitrogen and oxygen atoms in total. The van der Waals surface area contributed by atoms with Gasteiger partial charge in [0.25, 0.3) is 0 Å². The van der Waals surface area contributed by atoms with Crippen LogP contribution in [-0.4, -0.2) is 62.7 Å². The van der Waals surface area contributed by atoms with Gasteiger partial charge < -0.3 is 19.6 Å².